The fraction of sp³-hybridized carbons (Fsp3) is 0.857. The van der Waals surface area contributed by atoms with E-state index in [1.165, 1.54) is 6.92 Å². The second-order valence-corrected chi connectivity index (χ2v) is 6.00. The molecule has 18 heavy (non-hydrogen) atoms. The first-order chi connectivity index (χ1) is 8.23. The van der Waals surface area contributed by atoms with E-state index in [1.807, 2.05) is 20.8 Å². The van der Waals surface area contributed by atoms with Gasteiger partial charge in [0.2, 0.25) is 5.91 Å². The molecule has 3 atom stereocenters. The van der Waals surface area contributed by atoms with Crippen molar-refractivity contribution < 1.29 is 14.7 Å². The third-order valence-electron chi connectivity index (χ3n) is 4.22. The second-order valence-electron chi connectivity index (χ2n) is 6.00. The highest BCUT2D eigenvalue weighted by molar-refractivity contribution is 5.86. The van der Waals surface area contributed by atoms with Gasteiger partial charge in [-0.25, -0.2) is 4.79 Å². The summed E-state index contributed by atoms with van der Waals surface area (Å²) in [7, 11) is 0. The van der Waals surface area contributed by atoms with Gasteiger partial charge in [0.15, 0.2) is 0 Å². The number of carbonyl (C=O) groups excluding carboxylic acids is 1. The summed E-state index contributed by atoms with van der Waals surface area (Å²) in [6.45, 7) is 9.27. The normalized spacial score (nSPS) is 32.3. The third kappa shape index (κ3) is 2.38. The van der Waals surface area contributed by atoms with Crippen molar-refractivity contribution in [3.05, 3.63) is 0 Å². The number of carbonyl (C=O) groups is 2. The van der Waals surface area contributed by atoms with Gasteiger partial charge in [-0.15, -0.1) is 0 Å². The highest BCUT2D eigenvalue weighted by Gasteiger charge is 2.53. The number of amides is 1. The molecule has 1 N–H and O–H groups in total. The summed E-state index contributed by atoms with van der Waals surface area (Å²) in [5.41, 5.74) is -1.03. The molecule has 1 saturated carbocycles. The lowest BCUT2D eigenvalue weighted by Gasteiger charge is -2.50. The van der Waals surface area contributed by atoms with Crippen LogP contribution in [0, 0.1) is 11.8 Å². The number of rotatable bonds is 3. The maximum absolute atomic E-state index is 11.9. The van der Waals surface area contributed by atoms with Crippen molar-refractivity contribution in [1.82, 2.24) is 4.90 Å². The van der Waals surface area contributed by atoms with Crippen molar-refractivity contribution in [2.24, 2.45) is 11.8 Å². The maximum atomic E-state index is 11.9. The van der Waals surface area contributed by atoms with Crippen LogP contribution < -0.4 is 0 Å². The zero-order chi connectivity index (χ0) is 14.1. The molecular formula is C14H25NO3. The first kappa shape index (κ1) is 15.0. The Morgan fingerprint density at radius 3 is 2.22 bits per heavy atom. The van der Waals surface area contributed by atoms with Crippen LogP contribution in [-0.4, -0.2) is 33.5 Å². The molecule has 0 radical (unpaired) electrons. The molecule has 4 nitrogen and oxygen atoms in total. The molecule has 1 fully saturated rings. The number of carboxylic acid groups (broad SMARTS) is 1. The fourth-order valence-electron chi connectivity index (χ4n) is 3.45. The zero-order valence-electron chi connectivity index (χ0n) is 12.1. The minimum Gasteiger partial charge on any atom is -0.479 e. The number of hydrogen-bond donors (Lipinski definition) is 1. The number of hydrogen-bond acceptors (Lipinski definition) is 2. The summed E-state index contributed by atoms with van der Waals surface area (Å²) < 4.78 is 0. The van der Waals surface area contributed by atoms with Gasteiger partial charge in [0.1, 0.15) is 5.54 Å². The number of carboxylic acids is 1. The smallest absolute Gasteiger partial charge is 0.329 e. The Morgan fingerprint density at radius 2 is 1.83 bits per heavy atom. The summed E-state index contributed by atoms with van der Waals surface area (Å²) in [6, 6.07) is -0.0913. The van der Waals surface area contributed by atoms with Crippen LogP contribution in [0.3, 0.4) is 0 Å². The van der Waals surface area contributed by atoms with Gasteiger partial charge in [0, 0.05) is 13.0 Å². The molecule has 0 spiro atoms. The third-order valence-corrected chi connectivity index (χ3v) is 4.22. The van der Waals surface area contributed by atoms with Crippen LogP contribution >= 0.6 is 0 Å². The molecule has 4 heteroatoms. The topological polar surface area (TPSA) is 57.6 Å². The van der Waals surface area contributed by atoms with Crippen molar-refractivity contribution in [2.75, 3.05) is 0 Å². The monoisotopic (exact) mass is 255 g/mol. The summed E-state index contributed by atoms with van der Waals surface area (Å²) in [5, 5.41) is 9.75. The van der Waals surface area contributed by atoms with Crippen molar-refractivity contribution in [2.45, 2.75) is 65.5 Å². The van der Waals surface area contributed by atoms with Gasteiger partial charge in [-0.3, -0.25) is 4.79 Å². The summed E-state index contributed by atoms with van der Waals surface area (Å²) in [5.74, 6) is -0.658. The minimum atomic E-state index is -1.03. The lowest BCUT2D eigenvalue weighted by atomic mass is 9.68. The SMILES string of the molecule is CC(=O)N(C(C)C)C1(C(=O)O)CC(C)CCC1C. The molecule has 0 aliphatic heterocycles. The van der Waals surface area contributed by atoms with Crippen LogP contribution in [0.4, 0.5) is 0 Å². The van der Waals surface area contributed by atoms with Crippen LogP contribution in [0.5, 0.6) is 0 Å². The first-order valence-electron chi connectivity index (χ1n) is 6.76. The Hall–Kier alpha value is -1.06. The Balaban J connectivity index is 3.27. The van der Waals surface area contributed by atoms with E-state index in [0.717, 1.165) is 12.8 Å². The molecule has 3 unspecified atom stereocenters. The van der Waals surface area contributed by atoms with Crippen LogP contribution in [0.15, 0.2) is 0 Å². The van der Waals surface area contributed by atoms with Gasteiger partial charge in [-0.05, 0) is 38.5 Å². The van der Waals surface area contributed by atoms with E-state index in [2.05, 4.69) is 6.92 Å². The van der Waals surface area contributed by atoms with Crippen LogP contribution in [0.2, 0.25) is 0 Å². The van der Waals surface area contributed by atoms with E-state index >= 15 is 0 Å². The largest absolute Gasteiger partial charge is 0.479 e. The van der Waals surface area contributed by atoms with E-state index in [4.69, 9.17) is 0 Å². The predicted molar refractivity (Wildman–Crippen MR) is 70.2 cm³/mol. The van der Waals surface area contributed by atoms with Gasteiger partial charge < -0.3 is 10.0 Å². The highest BCUT2D eigenvalue weighted by Crippen LogP contribution is 2.42. The minimum absolute atomic E-state index is 0.00231. The standard InChI is InChI=1S/C14H25NO3/c1-9(2)15(12(5)16)14(13(17)18)8-10(3)6-7-11(14)4/h9-11H,6-8H2,1-5H3,(H,17,18). The van der Waals surface area contributed by atoms with Gasteiger partial charge in [-0.1, -0.05) is 20.3 Å². The second kappa shape index (κ2) is 5.29. The highest BCUT2D eigenvalue weighted by atomic mass is 16.4. The molecule has 0 heterocycles. The lowest BCUT2D eigenvalue weighted by molar-refractivity contribution is -0.170. The van der Waals surface area contributed by atoms with E-state index in [0.29, 0.717) is 12.3 Å². The number of aliphatic carboxylic acids is 1. The van der Waals surface area contributed by atoms with Crippen molar-refractivity contribution in [1.29, 1.82) is 0 Å². The molecule has 1 aliphatic rings. The fourth-order valence-corrected chi connectivity index (χ4v) is 3.45. The molecule has 0 aromatic heterocycles. The van der Waals surface area contributed by atoms with Crippen LogP contribution in [0.25, 0.3) is 0 Å². The molecule has 1 amide bonds. The van der Waals surface area contributed by atoms with Crippen molar-refractivity contribution in [3.8, 4) is 0 Å². The van der Waals surface area contributed by atoms with Gasteiger partial charge >= 0.3 is 5.97 Å². The molecule has 104 valence electrons. The molecular weight excluding hydrogens is 230 g/mol. The quantitative estimate of drug-likeness (QED) is 0.843. The van der Waals surface area contributed by atoms with Gasteiger partial charge in [0.25, 0.3) is 0 Å². The van der Waals surface area contributed by atoms with Gasteiger partial charge in [0.05, 0.1) is 0 Å². The van der Waals surface area contributed by atoms with E-state index in [9.17, 15) is 14.7 Å². The average molecular weight is 255 g/mol. The van der Waals surface area contributed by atoms with Crippen molar-refractivity contribution >= 4 is 11.9 Å². The average Bonchev–Trinajstić information content (AvgIpc) is 2.21. The molecule has 0 bridgehead atoms. The Labute approximate surface area is 109 Å². The molecule has 0 aromatic rings. The van der Waals surface area contributed by atoms with Gasteiger partial charge in [-0.2, -0.15) is 0 Å². The van der Waals surface area contributed by atoms with Crippen molar-refractivity contribution in [3.63, 3.8) is 0 Å². The first-order valence-corrected chi connectivity index (χ1v) is 6.76. The lowest BCUT2D eigenvalue weighted by Crippen LogP contribution is -2.64. The maximum Gasteiger partial charge on any atom is 0.329 e. The number of nitrogens with zero attached hydrogens (tertiary/aromatic N) is 1. The summed E-state index contributed by atoms with van der Waals surface area (Å²) in [4.78, 5) is 25.4. The summed E-state index contributed by atoms with van der Waals surface area (Å²) in [6.07, 6.45) is 2.46. The molecule has 0 saturated heterocycles. The molecule has 0 aromatic carbocycles. The van der Waals surface area contributed by atoms with E-state index in [1.54, 1.807) is 4.90 Å². The van der Waals surface area contributed by atoms with E-state index < -0.39 is 11.5 Å². The van der Waals surface area contributed by atoms with Crippen LogP contribution in [-0.2, 0) is 9.59 Å². The Kier molecular flexibility index (Phi) is 4.41. The molecule has 1 aliphatic carbocycles. The summed E-state index contributed by atoms with van der Waals surface area (Å²) >= 11 is 0. The Bertz CT molecular complexity index is 340. The molecule has 1 rings (SSSR count). The predicted octanol–water partition coefficient (Wildman–Crippen LogP) is 2.52. The van der Waals surface area contributed by atoms with Crippen LogP contribution in [0.1, 0.15) is 53.9 Å². The Morgan fingerprint density at radius 1 is 1.28 bits per heavy atom. The zero-order valence-corrected chi connectivity index (χ0v) is 12.1. The van der Waals surface area contributed by atoms with E-state index in [-0.39, 0.29) is 17.9 Å².